The molecule has 1 aliphatic rings. The molecule has 2 aromatic carbocycles. The molecule has 0 unspecified atom stereocenters. The number of halogens is 2. The Kier molecular flexibility index (Phi) is 4.10. The Balaban J connectivity index is 1.93. The molecule has 1 amide bonds. The number of benzene rings is 2. The van der Waals surface area contributed by atoms with E-state index >= 15 is 0 Å². The number of cyclic esters (lactones) is 1. The molecule has 0 spiro atoms. The number of nitrogens with zero attached hydrogens (tertiary/aromatic N) is 1. The number of carbonyl (C=O) groups is 1. The van der Waals surface area contributed by atoms with E-state index in [9.17, 15) is 17.6 Å². The van der Waals surface area contributed by atoms with Gasteiger partial charge in [-0.2, -0.15) is 0 Å². The summed E-state index contributed by atoms with van der Waals surface area (Å²) in [5, 5.41) is -0.186. The molecule has 6 nitrogen and oxygen atoms in total. The van der Waals surface area contributed by atoms with Gasteiger partial charge in [0, 0.05) is 12.6 Å². The normalized spacial score (nSPS) is 14.1. The van der Waals surface area contributed by atoms with Crippen molar-refractivity contribution in [1.29, 1.82) is 0 Å². The lowest BCUT2D eigenvalue weighted by Crippen LogP contribution is -2.32. The first-order chi connectivity index (χ1) is 11.3. The smallest absolute Gasteiger partial charge is 0.414 e. The average molecular weight is 371 g/mol. The molecule has 0 radical (unpaired) electrons. The van der Waals surface area contributed by atoms with Crippen molar-refractivity contribution in [3.63, 3.8) is 0 Å². The van der Waals surface area contributed by atoms with Crippen LogP contribution < -0.4 is 9.62 Å². The van der Waals surface area contributed by atoms with Crippen LogP contribution in [-0.4, -0.2) is 21.6 Å². The summed E-state index contributed by atoms with van der Waals surface area (Å²) in [5.74, 6) is -0.641. The number of hydrogen-bond acceptors (Lipinski definition) is 4. The van der Waals surface area contributed by atoms with E-state index in [1.807, 2.05) is 0 Å². The molecule has 1 heterocycles. The van der Waals surface area contributed by atoms with Gasteiger partial charge in [-0.25, -0.2) is 17.6 Å². The summed E-state index contributed by atoms with van der Waals surface area (Å²) in [6, 6.07) is 7.85. The molecule has 24 heavy (non-hydrogen) atoms. The number of amides is 1. The largest absolute Gasteiger partial charge is 0.444 e. The monoisotopic (exact) mass is 370 g/mol. The summed E-state index contributed by atoms with van der Waals surface area (Å²) in [7, 11) is -2.36. The van der Waals surface area contributed by atoms with Gasteiger partial charge in [-0.05, 0) is 36.4 Å². The van der Waals surface area contributed by atoms with E-state index < -0.39 is 21.9 Å². The summed E-state index contributed by atoms with van der Waals surface area (Å²) in [5.41, 5.74) is 1.29. The van der Waals surface area contributed by atoms with Crippen LogP contribution in [0.3, 0.4) is 0 Å². The van der Waals surface area contributed by atoms with E-state index in [0.29, 0.717) is 11.3 Å². The molecular formula is C15H12ClFN2O4S. The summed E-state index contributed by atoms with van der Waals surface area (Å²) < 4.78 is 45.3. The maximum absolute atomic E-state index is 13.2. The van der Waals surface area contributed by atoms with Crippen molar-refractivity contribution in [2.45, 2.75) is 11.5 Å². The topological polar surface area (TPSA) is 75.7 Å². The fourth-order valence-corrected chi connectivity index (χ4v) is 3.56. The number of fused-ring (bicyclic) bond motifs is 1. The number of rotatable bonds is 3. The summed E-state index contributed by atoms with van der Waals surface area (Å²) in [6.45, 7) is -0.00968. The van der Waals surface area contributed by atoms with Gasteiger partial charge in [-0.3, -0.25) is 9.62 Å². The lowest BCUT2D eigenvalue weighted by atomic mass is 10.1. The van der Waals surface area contributed by atoms with Crippen LogP contribution >= 0.6 is 11.6 Å². The van der Waals surface area contributed by atoms with Crippen LogP contribution in [0.1, 0.15) is 5.56 Å². The van der Waals surface area contributed by atoms with Gasteiger partial charge in [0.05, 0.1) is 21.3 Å². The standard InChI is InChI=1S/C15H12ClFN2O4S/c1-19-14-5-3-11(6-9(14)8-23-15(19)20)24(21,22)18-10-2-4-13(17)12(16)7-10/h2-7,18H,8H2,1H3. The first-order valence-corrected chi connectivity index (χ1v) is 8.65. The second-order valence-corrected chi connectivity index (χ2v) is 7.23. The SMILES string of the molecule is CN1C(=O)OCc2cc(S(=O)(=O)Nc3ccc(F)c(Cl)c3)ccc21. The van der Waals surface area contributed by atoms with E-state index in [2.05, 4.69) is 4.72 Å². The fraction of sp³-hybridized carbons (Fsp3) is 0.133. The van der Waals surface area contributed by atoms with Crippen LogP contribution in [-0.2, 0) is 21.4 Å². The summed E-state index contributed by atoms with van der Waals surface area (Å²) >= 11 is 5.65. The molecule has 0 fully saturated rings. The van der Waals surface area contributed by atoms with Gasteiger partial charge in [-0.15, -0.1) is 0 Å². The van der Waals surface area contributed by atoms with Crippen molar-refractivity contribution < 1.29 is 22.3 Å². The van der Waals surface area contributed by atoms with Gasteiger partial charge in [0.15, 0.2) is 0 Å². The Morgan fingerprint density at radius 3 is 2.71 bits per heavy atom. The highest BCUT2D eigenvalue weighted by atomic mass is 35.5. The molecular weight excluding hydrogens is 359 g/mol. The molecule has 2 aromatic rings. The third kappa shape index (κ3) is 3.02. The molecule has 0 saturated heterocycles. The van der Waals surface area contributed by atoms with Crippen molar-refractivity contribution in [3.8, 4) is 0 Å². The minimum absolute atomic E-state index is 0.00644. The number of hydrogen-bond donors (Lipinski definition) is 1. The highest BCUT2D eigenvalue weighted by Crippen LogP contribution is 2.29. The van der Waals surface area contributed by atoms with Gasteiger partial charge in [-0.1, -0.05) is 11.6 Å². The number of sulfonamides is 1. The van der Waals surface area contributed by atoms with E-state index in [1.165, 1.54) is 42.3 Å². The highest BCUT2D eigenvalue weighted by Gasteiger charge is 2.24. The molecule has 1 aliphatic heterocycles. The highest BCUT2D eigenvalue weighted by molar-refractivity contribution is 7.92. The molecule has 126 valence electrons. The molecule has 0 aliphatic carbocycles. The van der Waals surface area contributed by atoms with Gasteiger partial charge in [0.2, 0.25) is 0 Å². The van der Waals surface area contributed by atoms with Crippen molar-refractivity contribution in [2.24, 2.45) is 0 Å². The quantitative estimate of drug-likeness (QED) is 0.898. The zero-order valence-corrected chi connectivity index (χ0v) is 14.0. The van der Waals surface area contributed by atoms with Crippen molar-refractivity contribution >= 4 is 39.1 Å². The van der Waals surface area contributed by atoms with E-state index in [1.54, 1.807) is 0 Å². The van der Waals surface area contributed by atoms with Crippen molar-refractivity contribution in [1.82, 2.24) is 0 Å². The average Bonchev–Trinajstić information content (AvgIpc) is 2.54. The number of anilines is 2. The maximum Gasteiger partial charge on any atom is 0.414 e. The first-order valence-electron chi connectivity index (χ1n) is 6.79. The van der Waals surface area contributed by atoms with Gasteiger partial charge in [0.1, 0.15) is 12.4 Å². The second kappa shape index (κ2) is 5.95. The molecule has 0 atom stereocenters. The van der Waals surface area contributed by atoms with Crippen LogP contribution in [0.5, 0.6) is 0 Å². The molecule has 0 saturated carbocycles. The number of carbonyl (C=O) groups excluding carboxylic acids is 1. The molecule has 0 aromatic heterocycles. The van der Waals surface area contributed by atoms with E-state index in [-0.39, 0.29) is 22.2 Å². The molecule has 9 heteroatoms. The zero-order valence-electron chi connectivity index (χ0n) is 12.4. The Morgan fingerprint density at radius 1 is 1.25 bits per heavy atom. The van der Waals surface area contributed by atoms with Crippen LogP contribution in [0.4, 0.5) is 20.6 Å². The predicted molar refractivity (Wildman–Crippen MR) is 87.2 cm³/mol. The third-order valence-corrected chi connectivity index (χ3v) is 5.19. The number of nitrogens with one attached hydrogen (secondary N) is 1. The molecule has 3 rings (SSSR count). The third-order valence-electron chi connectivity index (χ3n) is 3.52. The van der Waals surface area contributed by atoms with E-state index in [0.717, 1.165) is 6.07 Å². The predicted octanol–water partition coefficient (Wildman–Crippen LogP) is 3.37. The Bertz CT molecular complexity index is 933. The van der Waals surface area contributed by atoms with Crippen LogP contribution in [0.15, 0.2) is 41.3 Å². The lowest BCUT2D eigenvalue weighted by Gasteiger charge is -2.25. The van der Waals surface area contributed by atoms with Gasteiger partial charge < -0.3 is 4.74 Å². The van der Waals surface area contributed by atoms with Crippen LogP contribution in [0.25, 0.3) is 0 Å². The summed E-state index contributed by atoms with van der Waals surface area (Å²) in [4.78, 5) is 12.8. The second-order valence-electron chi connectivity index (χ2n) is 5.14. The summed E-state index contributed by atoms with van der Waals surface area (Å²) in [6.07, 6.45) is -0.503. The first kappa shape index (κ1) is 16.5. The van der Waals surface area contributed by atoms with Gasteiger partial charge in [0.25, 0.3) is 10.0 Å². The Morgan fingerprint density at radius 2 is 2.00 bits per heavy atom. The Labute approximate surface area is 142 Å². The lowest BCUT2D eigenvalue weighted by molar-refractivity contribution is 0.143. The maximum atomic E-state index is 13.2. The molecule has 1 N–H and O–H groups in total. The minimum atomic E-state index is -3.90. The molecule has 0 bridgehead atoms. The van der Waals surface area contributed by atoms with Crippen LogP contribution in [0.2, 0.25) is 5.02 Å². The zero-order chi connectivity index (χ0) is 17.5. The minimum Gasteiger partial charge on any atom is -0.444 e. The van der Waals surface area contributed by atoms with Crippen molar-refractivity contribution in [3.05, 3.63) is 52.8 Å². The van der Waals surface area contributed by atoms with Gasteiger partial charge >= 0.3 is 6.09 Å². The fourth-order valence-electron chi connectivity index (χ4n) is 2.28. The van der Waals surface area contributed by atoms with E-state index in [4.69, 9.17) is 16.3 Å². The van der Waals surface area contributed by atoms with Crippen molar-refractivity contribution in [2.75, 3.05) is 16.7 Å². The van der Waals surface area contributed by atoms with Crippen LogP contribution in [0, 0.1) is 5.82 Å². The number of ether oxygens (including phenoxy) is 1. The Hall–Kier alpha value is -2.32.